The molecule has 1 aliphatic heterocycles. The van der Waals surface area contributed by atoms with Gasteiger partial charge in [0.1, 0.15) is 11.9 Å². The molecule has 2 N–H and O–H groups in total. The number of para-hydroxylation sites is 1. The Bertz CT molecular complexity index is 1180. The first-order valence-electron chi connectivity index (χ1n) is 10.5. The van der Waals surface area contributed by atoms with Gasteiger partial charge < -0.3 is 10.1 Å². The molecule has 1 unspecified atom stereocenters. The maximum atomic E-state index is 13.3. The molecule has 8 heteroatoms. The number of anilines is 1. The average Bonchev–Trinajstić information content (AvgIpc) is 2.80. The van der Waals surface area contributed by atoms with Crippen LogP contribution in [0.5, 0.6) is 5.75 Å². The van der Waals surface area contributed by atoms with E-state index in [9.17, 15) is 9.59 Å². The summed E-state index contributed by atoms with van der Waals surface area (Å²) in [5.41, 5.74) is 5.88. The van der Waals surface area contributed by atoms with E-state index in [0.717, 1.165) is 5.56 Å². The summed E-state index contributed by atoms with van der Waals surface area (Å²) in [4.78, 5) is 26.0. The van der Waals surface area contributed by atoms with E-state index in [4.69, 9.17) is 27.9 Å². The Morgan fingerprint density at radius 3 is 2.52 bits per heavy atom. The highest BCUT2D eigenvalue weighted by Gasteiger charge is 2.34. The number of hydrazine groups is 1. The van der Waals surface area contributed by atoms with Gasteiger partial charge in [-0.25, -0.2) is 5.01 Å². The zero-order valence-electron chi connectivity index (χ0n) is 18.1. The zero-order valence-corrected chi connectivity index (χ0v) is 19.7. The molecule has 0 saturated carbocycles. The molecular formula is C25H23Cl2N3O3. The first-order valence-corrected chi connectivity index (χ1v) is 11.3. The smallest absolute Gasteiger partial charge is 0.276 e. The summed E-state index contributed by atoms with van der Waals surface area (Å²) >= 11 is 12.0. The number of amides is 2. The summed E-state index contributed by atoms with van der Waals surface area (Å²) in [5.74, 6) is -0.113. The molecule has 0 bridgehead atoms. The molecule has 3 aromatic carbocycles. The van der Waals surface area contributed by atoms with Crippen LogP contribution < -0.4 is 15.5 Å². The van der Waals surface area contributed by atoms with E-state index in [1.165, 1.54) is 16.6 Å². The molecule has 170 valence electrons. The minimum Gasteiger partial charge on any atom is -0.482 e. The van der Waals surface area contributed by atoms with Gasteiger partial charge in [0, 0.05) is 10.7 Å². The Hall–Kier alpha value is -3.22. The van der Waals surface area contributed by atoms with Crippen molar-refractivity contribution in [2.45, 2.75) is 25.9 Å². The molecule has 33 heavy (non-hydrogen) atoms. The summed E-state index contributed by atoms with van der Waals surface area (Å²) in [6.45, 7) is 3.91. The second-order valence-electron chi connectivity index (χ2n) is 7.99. The number of nitrogens with one attached hydrogen (secondary N) is 2. The highest BCUT2D eigenvalue weighted by Crippen LogP contribution is 2.32. The maximum Gasteiger partial charge on any atom is 0.276 e. The van der Waals surface area contributed by atoms with Gasteiger partial charge in [-0.2, -0.15) is 0 Å². The first-order chi connectivity index (χ1) is 15.8. The number of ether oxygens (including phenoxy) is 1. The van der Waals surface area contributed by atoms with Crippen LogP contribution >= 0.6 is 23.2 Å². The Morgan fingerprint density at radius 1 is 1.09 bits per heavy atom. The maximum absolute atomic E-state index is 13.3. The number of carbonyl (C=O) groups is 2. The van der Waals surface area contributed by atoms with Gasteiger partial charge in [0.2, 0.25) is 0 Å². The molecular weight excluding hydrogens is 461 g/mol. The van der Waals surface area contributed by atoms with Crippen molar-refractivity contribution in [2.24, 2.45) is 0 Å². The van der Waals surface area contributed by atoms with Gasteiger partial charge in [-0.15, -0.1) is 0 Å². The largest absolute Gasteiger partial charge is 0.482 e. The lowest BCUT2D eigenvalue weighted by molar-refractivity contribution is -0.127. The average molecular weight is 484 g/mol. The normalized spacial score (nSPS) is 15.1. The second-order valence-corrected chi connectivity index (χ2v) is 8.83. The number of nitrogens with zero attached hydrogens (tertiary/aromatic N) is 1. The molecule has 1 aliphatic rings. The number of carbonyl (C=O) groups excluding carboxylic acids is 2. The summed E-state index contributed by atoms with van der Waals surface area (Å²) in [6, 6.07) is 19.9. The predicted octanol–water partition coefficient (Wildman–Crippen LogP) is 5.79. The van der Waals surface area contributed by atoms with E-state index in [1.807, 2.05) is 36.4 Å². The fraction of sp³-hybridized carbons (Fsp3) is 0.200. The van der Waals surface area contributed by atoms with Crippen molar-refractivity contribution in [1.29, 1.82) is 0 Å². The Kier molecular flexibility index (Phi) is 6.77. The number of fused-ring (bicyclic) bond motifs is 1. The van der Waals surface area contributed by atoms with Crippen LogP contribution in [0.1, 0.15) is 47.4 Å². The third-order valence-corrected chi connectivity index (χ3v) is 5.87. The SMILES string of the molecule is CC(C)c1ccc(C2Nc3ccccc3C(=O)N2NC(=O)COc2ccc(Cl)cc2Cl)cc1. The van der Waals surface area contributed by atoms with Gasteiger partial charge >= 0.3 is 0 Å². The van der Waals surface area contributed by atoms with Crippen LogP contribution in [0.25, 0.3) is 0 Å². The van der Waals surface area contributed by atoms with E-state index in [0.29, 0.717) is 33.0 Å². The van der Waals surface area contributed by atoms with Gasteiger partial charge in [0.15, 0.2) is 6.61 Å². The van der Waals surface area contributed by atoms with Crippen LogP contribution in [0.15, 0.2) is 66.7 Å². The Labute approximate surface area is 202 Å². The number of hydrogen-bond acceptors (Lipinski definition) is 4. The van der Waals surface area contributed by atoms with E-state index < -0.39 is 12.1 Å². The molecule has 0 aromatic heterocycles. The number of hydrogen-bond donors (Lipinski definition) is 2. The van der Waals surface area contributed by atoms with Crippen molar-refractivity contribution in [1.82, 2.24) is 10.4 Å². The molecule has 1 atom stereocenters. The van der Waals surface area contributed by atoms with Gasteiger partial charge in [-0.1, -0.05) is 73.4 Å². The van der Waals surface area contributed by atoms with Gasteiger partial charge in [0.05, 0.1) is 10.6 Å². The second kappa shape index (κ2) is 9.73. The Balaban J connectivity index is 1.56. The van der Waals surface area contributed by atoms with Crippen LogP contribution in [-0.2, 0) is 4.79 Å². The van der Waals surface area contributed by atoms with E-state index >= 15 is 0 Å². The molecule has 4 rings (SSSR count). The number of halogens is 2. The van der Waals surface area contributed by atoms with Crippen LogP contribution in [0.3, 0.4) is 0 Å². The summed E-state index contributed by atoms with van der Waals surface area (Å²) in [7, 11) is 0. The molecule has 0 aliphatic carbocycles. The fourth-order valence-corrected chi connectivity index (χ4v) is 4.03. The predicted molar refractivity (Wildman–Crippen MR) is 130 cm³/mol. The van der Waals surface area contributed by atoms with Crippen molar-refractivity contribution in [3.63, 3.8) is 0 Å². The molecule has 0 fully saturated rings. The van der Waals surface area contributed by atoms with Crippen LogP contribution in [0, 0.1) is 0 Å². The Morgan fingerprint density at radius 2 is 1.82 bits per heavy atom. The minimum absolute atomic E-state index is 0.295. The topological polar surface area (TPSA) is 70.7 Å². The summed E-state index contributed by atoms with van der Waals surface area (Å²) < 4.78 is 5.52. The van der Waals surface area contributed by atoms with Crippen molar-refractivity contribution in [3.05, 3.63) is 93.5 Å². The quantitative estimate of drug-likeness (QED) is 0.465. The summed E-state index contributed by atoms with van der Waals surface area (Å²) in [6.07, 6.45) is -0.586. The minimum atomic E-state index is -0.586. The van der Waals surface area contributed by atoms with E-state index in [1.54, 1.807) is 24.3 Å². The lowest BCUT2D eigenvalue weighted by Gasteiger charge is -2.37. The molecule has 2 amide bonds. The van der Waals surface area contributed by atoms with Crippen molar-refractivity contribution in [2.75, 3.05) is 11.9 Å². The van der Waals surface area contributed by atoms with Crippen LogP contribution in [-0.4, -0.2) is 23.4 Å². The van der Waals surface area contributed by atoms with Crippen molar-refractivity contribution >= 4 is 40.7 Å². The van der Waals surface area contributed by atoms with Crippen LogP contribution in [0.2, 0.25) is 10.0 Å². The van der Waals surface area contributed by atoms with Gasteiger partial charge in [-0.3, -0.25) is 15.0 Å². The molecule has 0 spiro atoms. The van der Waals surface area contributed by atoms with E-state index in [2.05, 4.69) is 24.6 Å². The molecule has 3 aromatic rings. The molecule has 1 heterocycles. The molecule has 0 saturated heterocycles. The summed E-state index contributed by atoms with van der Waals surface area (Å²) in [5, 5.41) is 5.40. The van der Waals surface area contributed by atoms with Crippen molar-refractivity contribution < 1.29 is 14.3 Å². The van der Waals surface area contributed by atoms with Crippen LogP contribution in [0.4, 0.5) is 5.69 Å². The standard InChI is InChI=1S/C25H23Cl2N3O3/c1-15(2)16-7-9-17(10-8-16)24-28-21-6-4-3-5-19(21)25(32)30(24)29-23(31)14-33-22-12-11-18(26)13-20(22)27/h3-13,15,24,28H,14H2,1-2H3,(H,29,31). The zero-order chi connectivity index (χ0) is 23.5. The van der Waals surface area contributed by atoms with E-state index in [-0.39, 0.29) is 12.5 Å². The van der Waals surface area contributed by atoms with Gasteiger partial charge in [0.25, 0.3) is 11.8 Å². The fourth-order valence-electron chi connectivity index (χ4n) is 3.57. The third kappa shape index (κ3) is 5.07. The highest BCUT2D eigenvalue weighted by molar-refractivity contribution is 6.35. The third-order valence-electron chi connectivity index (χ3n) is 5.34. The first kappa shape index (κ1) is 23.0. The monoisotopic (exact) mass is 483 g/mol. The number of rotatable bonds is 6. The molecule has 0 radical (unpaired) electrons. The lowest BCUT2D eigenvalue weighted by atomic mass is 9.99. The highest BCUT2D eigenvalue weighted by atomic mass is 35.5. The lowest BCUT2D eigenvalue weighted by Crippen LogP contribution is -2.53. The molecule has 6 nitrogen and oxygen atoms in total. The van der Waals surface area contributed by atoms with Gasteiger partial charge in [-0.05, 0) is 47.4 Å². The van der Waals surface area contributed by atoms with Crippen molar-refractivity contribution in [3.8, 4) is 5.75 Å². The number of benzene rings is 3.